The zero-order valence-corrected chi connectivity index (χ0v) is 12.0. The lowest BCUT2D eigenvalue weighted by molar-refractivity contribution is 0.0576. The predicted molar refractivity (Wildman–Crippen MR) is 75.5 cm³/mol. The quantitative estimate of drug-likeness (QED) is 0.888. The molecule has 1 aliphatic rings. The molecule has 100 valence electrons. The molecule has 2 heterocycles. The molecule has 0 amide bonds. The molecule has 0 radical (unpaired) electrons. The van der Waals surface area contributed by atoms with Crippen molar-refractivity contribution in [2.75, 3.05) is 13.1 Å². The molecule has 3 heteroatoms. The van der Waals surface area contributed by atoms with Crippen LogP contribution >= 0.6 is 0 Å². The predicted octanol–water partition coefficient (Wildman–Crippen LogP) is 2.35. The molecular formula is C15H25N3. The topological polar surface area (TPSA) is 28.2 Å². The Labute approximate surface area is 111 Å². The Morgan fingerprint density at radius 1 is 1.44 bits per heavy atom. The van der Waals surface area contributed by atoms with Crippen LogP contribution in [0.25, 0.3) is 0 Å². The number of nitrogens with one attached hydrogen (secondary N) is 1. The molecule has 1 fully saturated rings. The number of hydrogen-bond acceptors (Lipinski definition) is 3. The van der Waals surface area contributed by atoms with Gasteiger partial charge in [0.05, 0.1) is 0 Å². The van der Waals surface area contributed by atoms with E-state index in [-0.39, 0.29) is 5.54 Å². The summed E-state index contributed by atoms with van der Waals surface area (Å²) in [5.41, 5.74) is 2.78. The van der Waals surface area contributed by atoms with Crippen molar-refractivity contribution >= 4 is 0 Å². The summed E-state index contributed by atoms with van der Waals surface area (Å²) in [6.45, 7) is 12.2. The number of aromatic nitrogens is 1. The third-order valence-corrected chi connectivity index (χ3v) is 3.92. The summed E-state index contributed by atoms with van der Waals surface area (Å²) in [5.74, 6) is 0. The van der Waals surface area contributed by atoms with Gasteiger partial charge in [-0.25, -0.2) is 0 Å². The molecule has 0 aliphatic carbocycles. The van der Waals surface area contributed by atoms with Crippen LogP contribution in [0.3, 0.4) is 0 Å². The Hall–Kier alpha value is -0.930. The monoisotopic (exact) mass is 247 g/mol. The van der Waals surface area contributed by atoms with E-state index in [2.05, 4.69) is 49.0 Å². The van der Waals surface area contributed by atoms with E-state index in [1.54, 1.807) is 0 Å². The van der Waals surface area contributed by atoms with Crippen molar-refractivity contribution in [2.45, 2.75) is 52.2 Å². The lowest BCUT2D eigenvalue weighted by Crippen LogP contribution is -2.61. The molecule has 1 aromatic rings. The molecule has 1 atom stereocenters. The number of pyridine rings is 1. The van der Waals surface area contributed by atoms with Gasteiger partial charge in [-0.2, -0.15) is 0 Å². The van der Waals surface area contributed by atoms with Gasteiger partial charge in [0.15, 0.2) is 0 Å². The van der Waals surface area contributed by atoms with Gasteiger partial charge in [0.25, 0.3) is 0 Å². The summed E-state index contributed by atoms with van der Waals surface area (Å²) in [7, 11) is 0. The largest absolute Gasteiger partial charge is 0.311 e. The van der Waals surface area contributed by atoms with Crippen LogP contribution in [0.4, 0.5) is 0 Å². The van der Waals surface area contributed by atoms with Crippen LogP contribution in [-0.4, -0.2) is 34.6 Å². The van der Waals surface area contributed by atoms with Crippen LogP contribution in [0.5, 0.6) is 0 Å². The summed E-state index contributed by atoms with van der Waals surface area (Å²) in [4.78, 5) is 6.87. The molecule has 1 aromatic heterocycles. The second kappa shape index (κ2) is 5.37. The lowest BCUT2D eigenvalue weighted by atomic mass is 9.96. The van der Waals surface area contributed by atoms with Crippen LogP contribution in [-0.2, 0) is 6.54 Å². The summed E-state index contributed by atoms with van der Waals surface area (Å²) < 4.78 is 0. The van der Waals surface area contributed by atoms with Gasteiger partial charge in [-0.1, -0.05) is 13.0 Å². The van der Waals surface area contributed by atoms with E-state index < -0.39 is 0 Å². The van der Waals surface area contributed by atoms with Crippen LogP contribution < -0.4 is 5.32 Å². The number of rotatable bonds is 3. The van der Waals surface area contributed by atoms with Gasteiger partial charge in [0, 0.05) is 43.6 Å². The fourth-order valence-electron chi connectivity index (χ4n) is 2.56. The maximum atomic E-state index is 4.29. The van der Waals surface area contributed by atoms with Gasteiger partial charge in [-0.15, -0.1) is 0 Å². The van der Waals surface area contributed by atoms with Crippen molar-refractivity contribution in [2.24, 2.45) is 0 Å². The first-order valence-electron chi connectivity index (χ1n) is 6.90. The first-order valence-corrected chi connectivity index (χ1v) is 6.90. The lowest BCUT2D eigenvalue weighted by Gasteiger charge is -2.46. The van der Waals surface area contributed by atoms with Gasteiger partial charge >= 0.3 is 0 Å². The standard InChI is InChI=1S/C15H25N3/c1-5-14-10-18(15(3,4)11-17-14)9-13-6-12(2)7-16-8-13/h6-8,14,17H,5,9-11H2,1-4H3. The molecule has 2 rings (SSSR count). The molecule has 18 heavy (non-hydrogen) atoms. The maximum absolute atomic E-state index is 4.29. The summed E-state index contributed by atoms with van der Waals surface area (Å²) in [5, 5.41) is 3.63. The van der Waals surface area contributed by atoms with Crippen molar-refractivity contribution in [3.8, 4) is 0 Å². The van der Waals surface area contributed by atoms with Gasteiger partial charge in [-0.05, 0) is 38.3 Å². The number of hydrogen-bond donors (Lipinski definition) is 1. The van der Waals surface area contributed by atoms with Crippen LogP contribution in [0.2, 0.25) is 0 Å². The van der Waals surface area contributed by atoms with Gasteiger partial charge < -0.3 is 5.32 Å². The highest BCUT2D eigenvalue weighted by atomic mass is 15.3. The Bertz CT molecular complexity index is 400. The second-order valence-electron chi connectivity index (χ2n) is 6.05. The molecule has 0 aromatic carbocycles. The highest BCUT2D eigenvalue weighted by Gasteiger charge is 2.33. The van der Waals surface area contributed by atoms with Gasteiger partial charge in [0.2, 0.25) is 0 Å². The van der Waals surface area contributed by atoms with Crippen molar-refractivity contribution in [3.05, 3.63) is 29.6 Å². The Kier molecular flexibility index (Phi) is 4.03. The zero-order valence-electron chi connectivity index (χ0n) is 12.0. The SMILES string of the molecule is CCC1CN(Cc2cncc(C)c2)C(C)(C)CN1. The molecule has 0 bridgehead atoms. The Morgan fingerprint density at radius 2 is 2.22 bits per heavy atom. The fraction of sp³-hybridized carbons (Fsp3) is 0.667. The highest BCUT2D eigenvalue weighted by Crippen LogP contribution is 2.22. The molecular weight excluding hydrogens is 222 g/mol. The van der Waals surface area contributed by atoms with E-state index in [1.807, 2.05) is 12.4 Å². The normalized spacial score (nSPS) is 24.1. The third-order valence-electron chi connectivity index (χ3n) is 3.92. The van der Waals surface area contributed by atoms with E-state index >= 15 is 0 Å². The molecule has 0 saturated carbocycles. The van der Waals surface area contributed by atoms with Crippen LogP contribution in [0.15, 0.2) is 18.5 Å². The van der Waals surface area contributed by atoms with E-state index in [9.17, 15) is 0 Å². The molecule has 1 saturated heterocycles. The van der Waals surface area contributed by atoms with Crippen LogP contribution in [0.1, 0.15) is 38.3 Å². The smallest absolute Gasteiger partial charge is 0.0313 e. The second-order valence-corrected chi connectivity index (χ2v) is 6.05. The number of aryl methyl sites for hydroxylation is 1. The highest BCUT2D eigenvalue weighted by molar-refractivity contribution is 5.17. The fourth-order valence-corrected chi connectivity index (χ4v) is 2.56. The van der Waals surface area contributed by atoms with Crippen molar-refractivity contribution in [1.29, 1.82) is 0 Å². The van der Waals surface area contributed by atoms with Gasteiger partial charge in [-0.3, -0.25) is 9.88 Å². The van der Waals surface area contributed by atoms with Crippen molar-refractivity contribution in [3.63, 3.8) is 0 Å². The molecule has 1 aliphatic heterocycles. The molecule has 3 nitrogen and oxygen atoms in total. The minimum absolute atomic E-state index is 0.218. The van der Waals surface area contributed by atoms with Gasteiger partial charge in [0.1, 0.15) is 0 Å². The zero-order chi connectivity index (χ0) is 13.2. The van der Waals surface area contributed by atoms with E-state index in [0.29, 0.717) is 6.04 Å². The minimum atomic E-state index is 0.218. The first kappa shape index (κ1) is 13.5. The number of nitrogens with zero attached hydrogens (tertiary/aromatic N) is 2. The molecule has 0 spiro atoms. The summed E-state index contributed by atoms with van der Waals surface area (Å²) >= 11 is 0. The minimum Gasteiger partial charge on any atom is -0.311 e. The summed E-state index contributed by atoms with van der Waals surface area (Å²) in [6, 6.07) is 2.86. The van der Waals surface area contributed by atoms with Crippen molar-refractivity contribution in [1.82, 2.24) is 15.2 Å². The third kappa shape index (κ3) is 3.09. The molecule has 1 N–H and O–H groups in total. The van der Waals surface area contributed by atoms with E-state index in [4.69, 9.17) is 0 Å². The van der Waals surface area contributed by atoms with E-state index in [1.165, 1.54) is 17.5 Å². The average molecular weight is 247 g/mol. The van der Waals surface area contributed by atoms with Crippen LogP contribution in [0, 0.1) is 6.92 Å². The van der Waals surface area contributed by atoms with E-state index in [0.717, 1.165) is 19.6 Å². The first-order chi connectivity index (χ1) is 8.51. The number of piperazine rings is 1. The van der Waals surface area contributed by atoms with Crippen molar-refractivity contribution < 1.29 is 0 Å². The average Bonchev–Trinajstić information content (AvgIpc) is 2.32. The maximum Gasteiger partial charge on any atom is 0.0313 e. The molecule has 1 unspecified atom stereocenters. The Morgan fingerprint density at radius 3 is 2.89 bits per heavy atom. The summed E-state index contributed by atoms with van der Waals surface area (Å²) in [6.07, 6.45) is 5.10. The Balaban J connectivity index is 2.10.